The number of nitrogens with zero attached hydrogens (tertiary/aromatic N) is 1. The Hall–Kier alpha value is -2.29. The number of carbonyl (C=O) groups is 2. The molecular formula is C66H123NO8P+. The Morgan fingerprint density at radius 3 is 1.13 bits per heavy atom. The molecule has 0 rings (SSSR count). The van der Waals surface area contributed by atoms with E-state index in [-0.39, 0.29) is 25.6 Å². The Labute approximate surface area is 470 Å². The van der Waals surface area contributed by atoms with Crippen molar-refractivity contribution in [3.63, 3.8) is 0 Å². The molecule has 0 aliphatic rings. The average Bonchev–Trinajstić information content (AvgIpc) is 3.38. The van der Waals surface area contributed by atoms with Crippen LogP contribution in [0.15, 0.2) is 60.8 Å². The molecule has 444 valence electrons. The first kappa shape index (κ1) is 73.7. The summed E-state index contributed by atoms with van der Waals surface area (Å²) < 4.78 is 34.7. The molecule has 0 aromatic carbocycles. The van der Waals surface area contributed by atoms with Crippen molar-refractivity contribution in [2.45, 2.75) is 302 Å². The average molecular weight is 1090 g/mol. The number of phosphoric acid groups is 1. The summed E-state index contributed by atoms with van der Waals surface area (Å²) in [6.45, 7) is 4.36. The summed E-state index contributed by atoms with van der Waals surface area (Å²) in [4.78, 5) is 35.8. The maximum atomic E-state index is 12.8. The molecule has 9 nitrogen and oxygen atoms in total. The van der Waals surface area contributed by atoms with E-state index in [4.69, 9.17) is 18.5 Å². The van der Waals surface area contributed by atoms with Gasteiger partial charge in [0.1, 0.15) is 19.8 Å². The molecule has 2 atom stereocenters. The van der Waals surface area contributed by atoms with Crippen LogP contribution in [0, 0.1) is 0 Å². The van der Waals surface area contributed by atoms with Gasteiger partial charge in [-0.3, -0.25) is 18.6 Å². The third-order valence-corrected chi connectivity index (χ3v) is 15.0. The fraction of sp³-hybridized carbons (Fsp3) is 0.818. The molecule has 0 aromatic heterocycles. The smallest absolute Gasteiger partial charge is 0.462 e. The van der Waals surface area contributed by atoms with Gasteiger partial charge >= 0.3 is 19.8 Å². The van der Waals surface area contributed by atoms with E-state index in [0.29, 0.717) is 23.9 Å². The van der Waals surface area contributed by atoms with Crippen LogP contribution >= 0.6 is 7.82 Å². The largest absolute Gasteiger partial charge is 0.472 e. The van der Waals surface area contributed by atoms with Gasteiger partial charge in [0.25, 0.3) is 0 Å². The zero-order chi connectivity index (χ0) is 55.6. The molecule has 76 heavy (non-hydrogen) atoms. The SMILES string of the molecule is CC/C=C\C/C=C\C/C=C\C/C=C\CCCCCCCCCCCCCCCCC(=O)OC(COC(=O)CCCCCCCCCCCCCCC/C=C\CCCCCCCCCC)COP(=O)(O)OCC[N+](C)(C)C. The van der Waals surface area contributed by atoms with Crippen molar-refractivity contribution in [1.29, 1.82) is 0 Å². The van der Waals surface area contributed by atoms with E-state index in [1.807, 2.05) is 21.1 Å². The summed E-state index contributed by atoms with van der Waals surface area (Å²) in [6.07, 6.45) is 74.4. The molecule has 2 unspecified atom stereocenters. The zero-order valence-electron chi connectivity index (χ0n) is 50.5. The minimum absolute atomic E-state index is 0.0315. The zero-order valence-corrected chi connectivity index (χ0v) is 51.4. The molecule has 0 saturated carbocycles. The first-order chi connectivity index (χ1) is 37.0. The van der Waals surface area contributed by atoms with Gasteiger partial charge in [-0.25, -0.2) is 4.57 Å². The van der Waals surface area contributed by atoms with Crippen molar-refractivity contribution >= 4 is 19.8 Å². The van der Waals surface area contributed by atoms with E-state index in [1.54, 1.807) is 0 Å². The molecule has 0 aliphatic carbocycles. The number of quaternary nitrogens is 1. The van der Waals surface area contributed by atoms with E-state index in [9.17, 15) is 19.0 Å². The van der Waals surface area contributed by atoms with Crippen LogP contribution in [0.1, 0.15) is 296 Å². The Morgan fingerprint density at radius 2 is 0.750 bits per heavy atom. The lowest BCUT2D eigenvalue weighted by Crippen LogP contribution is -2.37. The fourth-order valence-corrected chi connectivity index (χ4v) is 9.86. The van der Waals surface area contributed by atoms with Crippen LogP contribution < -0.4 is 0 Å². The molecule has 0 radical (unpaired) electrons. The Kier molecular flexibility index (Phi) is 55.7. The number of unbranched alkanes of at least 4 members (excludes halogenated alkanes) is 35. The maximum absolute atomic E-state index is 12.8. The molecule has 0 fully saturated rings. The van der Waals surface area contributed by atoms with Gasteiger partial charge < -0.3 is 18.9 Å². The van der Waals surface area contributed by atoms with E-state index in [0.717, 1.165) is 57.8 Å². The normalized spacial score (nSPS) is 13.6. The van der Waals surface area contributed by atoms with Crippen LogP contribution in [0.4, 0.5) is 0 Å². The van der Waals surface area contributed by atoms with Crippen LogP contribution in [-0.4, -0.2) is 74.9 Å². The number of esters is 2. The topological polar surface area (TPSA) is 108 Å². The van der Waals surface area contributed by atoms with Crippen LogP contribution in [0.2, 0.25) is 0 Å². The quantitative estimate of drug-likeness (QED) is 0.0211. The van der Waals surface area contributed by atoms with Crippen LogP contribution in [-0.2, 0) is 32.7 Å². The van der Waals surface area contributed by atoms with Gasteiger partial charge in [0.2, 0.25) is 0 Å². The molecular weight excluding hydrogens is 966 g/mol. The molecule has 1 N–H and O–H groups in total. The Morgan fingerprint density at radius 1 is 0.421 bits per heavy atom. The predicted molar refractivity (Wildman–Crippen MR) is 326 cm³/mol. The van der Waals surface area contributed by atoms with E-state index in [1.165, 1.54) is 205 Å². The standard InChI is InChI=1S/C66H122NO8P/c1-6-8-10-12-14-16-18-20-22-24-26-28-30-32-33-35-37-39-41-43-45-47-49-51-53-55-57-59-66(69)75-64(63-74-76(70,71)73-61-60-67(3,4)5)62-72-65(68)58-56-54-52-50-48-46-44-42-40-38-36-34-31-29-27-25-23-21-19-17-15-13-11-9-7-2/h8,10,14,16,20,22,25-28,64H,6-7,9,11-13,15,17-19,21,23-24,29-63H2,1-5H3/p+1/b10-8-,16-14-,22-20-,27-25-,28-26-. The fourth-order valence-electron chi connectivity index (χ4n) is 9.12. The number of rotatable bonds is 59. The van der Waals surface area contributed by atoms with Gasteiger partial charge in [-0.15, -0.1) is 0 Å². The first-order valence-electron chi connectivity index (χ1n) is 32.0. The second kappa shape index (κ2) is 57.4. The van der Waals surface area contributed by atoms with Crippen molar-refractivity contribution in [2.24, 2.45) is 0 Å². The lowest BCUT2D eigenvalue weighted by molar-refractivity contribution is -0.870. The third kappa shape index (κ3) is 60.9. The van der Waals surface area contributed by atoms with Gasteiger partial charge in [-0.2, -0.15) is 0 Å². The lowest BCUT2D eigenvalue weighted by atomic mass is 10.0. The summed E-state index contributed by atoms with van der Waals surface area (Å²) in [5.74, 6) is -0.787. The number of hydrogen-bond donors (Lipinski definition) is 1. The van der Waals surface area contributed by atoms with E-state index < -0.39 is 26.5 Å². The number of hydrogen-bond acceptors (Lipinski definition) is 7. The van der Waals surface area contributed by atoms with Gasteiger partial charge in [-0.1, -0.05) is 267 Å². The highest BCUT2D eigenvalue weighted by atomic mass is 31.2. The predicted octanol–water partition coefficient (Wildman–Crippen LogP) is 20.3. The third-order valence-electron chi connectivity index (χ3n) is 14.0. The Balaban J connectivity index is 4.09. The molecule has 0 aliphatic heterocycles. The van der Waals surface area contributed by atoms with Crippen LogP contribution in [0.5, 0.6) is 0 Å². The monoisotopic (exact) mass is 1090 g/mol. The van der Waals surface area contributed by atoms with Crippen molar-refractivity contribution in [3.05, 3.63) is 60.8 Å². The first-order valence-corrected chi connectivity index (χ1v) is 33.5. The van der Waals surface area contributed by atoms with E-state index in [2.05, 4.69) is 74.6 Å². The van der Waals surface area contributed by atoms with Gasteiger partial charge in [0, 0.05) is 12.8 Å². The highest BCUT2D eigenvalue weighted by Gasteiger charge is 2.27. The van der Waals surface area contributed by atoms with Crippen LogP contribution in [0.25, 0.3) is 0 Å². The lowest BCUT2D eigenvalue weighted by Gasteiger charge is -2.24. The highest BCUT2D eigenvalue weighted by Crippen LogP contribution is 2.43. The van der Waals surface area contributed by atoms with E-state index >= 15 is 0 Å². The minimum Gasteiger partial charge on any atom is -0.462 e. The van der Waals surface area contributed by atoms with Crippen molar-refractivity contribution in [3.8, 4) is 0 Å². The second-order valence-corrected chi connectivity index (χ2v) is 24.2. The van der Waals surface area contributed by atoms with Gasteiger partial charge in [0.15, 0.2) is 6.10 Å². The molecule has 0 spiro atoms. The van der Waals surface area contributed by atoms with Gasteiger partial charge in [-0.05, 0) is 77.0 Å². The number of ether oxygens (including phenoxy) is 2. The van der Waals surface area contributed by atoms with Gasteiger partial charge in [0.05, 0.1) is 27.7 Å². The summed E-state index contributed by atoms with van der Waals surface area (Å²) >= 11 is 0. The van der Waals surface area contributed by atoms with Crippen LogP contribution in [0.3, 0.4) is 0 Å². The summed E-state index contributed by atoms with van der Waals surface area (Å²) in [7, 11) is 1.48. The molecule has 0 heterocycles. The number of allylic oxidation sites excluding steroid dienone is 10. The maximum Gasteiger partial charge on any atom is 0.472 e. The highest BCUT2D eigenvalue weighted by molar-refractivity contribution is 7.47. The molecule has 10 heteroatoms. The molecule has 0 bridgehead atoms. The van der Waals surface area contributed by atoms with Crippen molar-refractivity contribution in [2.75, 3.05) is 47.5 Å². The Bertz CT molecular complexity index is 1470. The molecule has 0 aromatic rings. The van der Waals surface area contributed by atoms with Crippen molar-refractivity contribution in [1.82, 2.24) is 0 Å². The number of phosphoric ester groups is 1. The second-order valence-electron chi connectivity index (χ2n) is 22.8. The summed E-state index contributed by atoms with van der Waals surface area (Å²) in [6, 6.07) is 0. The number of carbonyl (C=O) groups excluding carboxylic acids is 2. The molecule has 0 saturated heterocycles. The number of likely N-dealkylation sites (N-methyl/N-ethyl adjacent to an activating group) is 1. The summed E-state index contributed by atoms with van der Waals surface area (Å²) in [5, 5.41) is 0. The molecule has 0 amide bonds. The van der Waals surface area contributed by atoms with Crippen molar-refractivity contribution < 1.29 is 42.1 Å². The minimum atomic E-state index is -4.39. The summed E-state index contributed by atoms with van der Waals surface area (Å²) in [5.41, 5.74) is 0.